The Morgan fingerprint density at radius 3 is 2.31 bits per heavy atom. The molecular formula is C19H21Cl2NO4. The van der Waals surface area contributed by atoms with Crippen molar-refractivity contribution in [3.63, 3.8) is 0 Å². The van der Waals surface area contributed by atoms with E-state index in [0.717, 1.165) is 0 Å². The molecule has 26 heavy (non-hydrogen) atoms. The number of dihydropyridines is 1. The molecule has 2 rings (SSSR count). The minimum atomic E-state index is -1.28. The quantitative estimate of drug-likeness (QED) is 0.718. The van der Waals surface area contributed by atoms with Gasteiger partial charge in [0.05, 0.1) is 23.2 Å². The predicted molar refractivity (Wildman–Crippen MR) is 101 cm³/mol. The lowest BCUT2D eigenvalue weighted by Gasteiger charge is -2.41. The molecule has 0 saturated heterocycles. The summed E-state index contributed by atoms with van der Waals surface area (Å²) in [6.07, 6.45) is 0.291. The number of halogens is 2. The largest absolute Gasteiger partial charge is 0.478 e. The Labute approximate surface area is 162 Å². The second kappa shape index (κ2) is 7.72. The number of aliphatic carboxylic acids is 1. The van der Waals surface area contributed by atoms with Gasteiger partial charge in [-0.2, -0.15) is 0 Å². The zero-order valence-electron chi connectivity index (χ0n) is 15.1. The molecule has 1 heterocycles. The lowest BCUT2D eigenvalue weighted by atomic mass is 9.64. The highest BCUT2D eigenvalue weighted by Gasteiger charge is 2.50. The third-order valence-electron chi connectivity index (χ3n) is 4.59. The highest BCUT2D eigenvalue weighted by Crippen LogP contribution is 2.49. The van der Waals surface area contributed by atoms with Crippen molar-refractivity contribution in [1.29, 1.82) is 0 Å². The van der Waals surface area contributed by atoms with Crippen molar-refractivity contribution in [1.82, 2.24) is 5.32 Å². The van der Waals surface area contributed by atoms with E-state index in [-0.39, 0.29) is 17.8 Å². The smallest absolute Gasteiger partial charge is 0.337 e. The molecule has 1 aromatic carbocycles. The first-order chi connectivity index (χ1) is 12.2. The topological polar surface area (TPSA) is 75.6 Å². The lowest BCUT2D eigenvalue weighted by Crippen LogP contribution is -2.45. The van der Waals surface area contributed by atoms with Gasteiger partial charge in [-0.05, 0) is 51.0 Å². The van der Waals surface area contributed by atoms with Gasteiger partial charge in [0.15, 0.2) is 0 Å². The first kappa shape index (κ1) is 20.3. The Bertz CT molecular complexity index is 829. The summed E-state index contributed by atoms with van der Waals surface area (Å²) in [5.74, 6) is -1.72. The van der Waals surface area contributed by atoms with Crippen molar-refractivity contribution in [2.45, 2.75) is 39.5 Å². The molecule has 0 spiro atoms. The number of carboxylic acids is 1. The molecule has 0 radical (unpaired) electrons. The summed E-state index contributed by atoms with van der Waals surface area (Å²) in [7, 11) is 0. The maximum absolute atomic E-state index is 12.8. The van der Waals surface area contributed by atoms with E-state index < -0.39 is 17.4 Å². The normalized spacial score (nSPS) is 20.1. The maximum Gasteiger partial charge on any atom is 0.337 e. The molecule has 0 fully saturated rings. The van der Waals surface area contributed by atoms with Crippen molar-refractivity contribution in [2.75, 3.05) is 6.61 Å². The van der Waals surface area contributed by atoms with Gasteiger partial charge in [-0.1, -0.05) is 30.1 Å². The van der Waals surface area contributed by atoms with Crippen LogP contribution in [0.1, 0.15) is 39.7 Å². The van der Waals surface area contributed by atoms with Gasteiger partial charge in [0, 0.05) is 21.4 Å². The number of rotatable bonds is 5. The standard InChI is InChI=1S/C19H21Cl2NO4/c1-5-19(13-9-12(20)7-8-14(13)21)15(17(23)24)10(3)22-11(4)16(19)18(25)26-6-2/h7-9,22H,5-6H2,1-4H3,(H,23,24). The Morgan fingerprint density at radius 1 is 1.15 bits per heavy atom. The summed E-state index contributed by atoms with van der Waals surface area (Å²) >= 11 is 12.6. The van der Waals surface area contributed by atoms with Gasteiger partial charge in [-0.15, -0.1) is 0 Å². The number of carboxylic acid groups (broad SMARTS) is 1. The van der Waals surface area contributed by atoms with Crippen LogP contribution in [0.5, 0.6) is 0 Å². The molecular weight excluding hydrogens is 377 g/mol. The van der Waals surface area contributed by atoms with Gasteiger partial charge in [-0.25, -0.2) is 9.59 Å². The molecule has 0 aliphatic carbocycles. The third kappa shape index (κ3) is 3.21. The van der Waals surface area contributed by atoms with E-state index >= 15 is 0 Å². The molecule has 140 valence electrons. The minimum absolute atomic E-state index is 0.0535. The van der Waals surface area contributed by atoms with Crippen molar-refractivity contribution in [3.8, 4) is 0 Å². The lowest BCUT2D eigenvalue weighted by molar-refractivity contribution is -0.139. The Morgan fingerprint density at radius 2 is 1.77 bits per heavy atom. The van der Waals surface area contributed by atoms with Gasteiger partial charge in [-0.3, -0.25) is 0 Å². The zero-order valence-corrected chi connectivity index (χ0v) is 16.6. The Hall–Kier alpha value is -1.98. The van der Waals surface area contributed by atoms with Gasteiger partial charge in [0.1, 0.15) is 0 Å². The number of allylic oxidation sites excluding steroid dienone is 2. The van der Waals surface area contributed by atoms with Crippen LogP contribution in [0.25, 0.3) is 0 Å². The number of esters is 1. The van der Waals surface area contributed by atoms with Gasteiger partial charge < -0.3 is 15.2 Å². The summed E-state index contributed by atoms with van der Waals surface area (Å²) in [6.45, 7) is 7.06. The van der Waals surface area contributed by atoms with Crippen molar-refractivity contribution < 1.29 is 19.4 Å². The average Bonchev–Trinajstić information content (AvgIpc) is 2.55. The zero-order chi connectivity index (χ0) is 19.6. The van der Waals surface area contributed by atoms with Crippen molar-refractivity contribution in [2.24, 2.45) is 0 Å². The number of carbonyl (C=O) groups excluding carboxylic acids is 1. The molecule has 0 bridgehead atoms. The summed E-state index contributed by atoms with van der Waals surface area (Å²) in [5, 5.41) is 13.7. The van der Waals surface area contributed by atoms with Crippen LogP contribution in [0.15, 0.2) is 40.7 Å². The highest BCUT2D eigenvalue weighted by atomic mass is 35.5. The molecule has 1 aliphatic rings. The molecule has 7 heteroatoms. The minimum Gasteiger partial charge on any atom is -0.478 e. The number of hydrogen-bond acceptors (Lipinski definition) is 4. The van der Waals surface area contributed by atoms with Gasteiger partial charge in [0.2, 0.25) is 0 Å². The first-order valence-electron chi connectivity index (χ1n) is 8.26. The first-order valence-corrected chi connectivity index (χ1v) is 9.01. The molecule has 2 N–H and O–H groups in total. The summed E-state index contributed by atoms with van der Waals surface area (Å²) in [5.41, 5.74) is 0.450. The molecule has 1 aliphatic heterocycles. The van der Waals surface area contributed by atoms with Gasteiger partial charge in [0.25, 0.3) is 0 Å². The molecule has 1 atom stereocenters. The van der Waals surface area contributed by atoms with E-state index in [2.05, 4.69) is 5.32 Å². The van der Waals surface area contributed by atoms with E-state index in [9.17, 15) is 14.7 Å². The van der Waals surface area contributed by atoms with Crippen LogP contribution in [-0.2, 0) is 19.7 Å². The predicted octanol–water partition coefficient (Wildman–Crippen LogP) is 4.44. The number of carbonyl (C=O) groups is 2. The van der Waals surface area contributed by atoms with E-state index in [1.807, 2.05) is 6.92 Å². The number of ether oxygens (including phenoxy) is 1. The van der Waals surface area contributed by atoms with Crippen LogP contribution < -0.4 is 5.32 Å². The van der Waals surface area contributed by atoms with Crippen LogP contribution >= 0.6 is 23.2 Å². The fourth-order valence-electron chi connectivity index (χ4n) is 3.68. The van der Waals surface area contributed by atoms with Crippen molar-refractivity contribution in [3.05, 3.63) is 56.3 Å². The summed E-state index contributed by atoms with van der Waals surface area (Å²) < 4.78 is 5.24. The second-order valence-corrected chi connectivity index (χ2v) is 6.88. The van der Waals surface area contributed by atoms with E-state index in [4.69, 9.17) is 27.9 Å². The molecule has 0 saturated carbocycles. The molecule has 1 aromatic rings. The summed E-state index contributed by atoms with van der Waals surface area (Å²) in [4.78, 5) is 25.0. The fourth-order valence-corrected chi connectivity index (χ4v) is 4.13. The molecule has 5 nitrogen and oxygen atoms in total. The molecule has 0 aromatic heterocycles. The van der Waals surface area contributed by atoms with E-state index in [1.165, 1.54) is 0 Å². The molecule has 1 unspecified atom stereocenters. The van der Waals surface area contributed by atoms with E-state index in [0.29, 0.717) is 33.4 Å². The van der Waals surface area contributed by atoms with Crippen molar-refractivity contribution >= 4 is 35.1 Å². The fraction of sp³-hybridized carbons (Fsp3) is 0.368. The highest BCUT2D eigenvalue weighted by molar-refractivity contribution is 6.34. The third-order valence-corrected chi connectivity index (χ3v) is 5.16. The Kier molecular flexibility index (Phi) is 6.04. The Balaban J connectivity index is 2.95. The van der Waals surface area contributed by atoms with Crippen LogP contribution in [0.3, 0.4) is 0 Å². The monoisotopic (exact) mass is 397 g/mol. The average molecular weight is 398 g/mol. The second-order valence-electron chi connectivity index (χ2n) is 6.03. The molecule has 0 amide bonds. The SMILES string of the molecule is CCOC(=O)C1=C(C)NC(C)=C(C(=O)O)C1(CC)c1cc(Cl)ccc1Cl. The maximum atomic E-state index is 12.8. The summed E-state index contributed by atoms with van der Waals surface area (Å²) in [6, 6.07) is 4.84. The van der Waals surface area contributed by atoms with Crippen LogP contribution in [0.2, 0.25) is 10.0 Å². The van der Waals surface area contributed by atoms with Crippen LogP contribution in [0, 0.1) is 0 Å². The van der Waals surface area contributed by atoms with E-state index in [1.54, 1.807) is 39.0 Å². The number of benzene rings is 1. The number of nitrogens with one attached hydrogen (secondary N) is 1. The van der Waals surface area contributed by atoms with Gasteiger partial charge >= 0.3 is 11.9 Å². The van der Waals surface area contributed by atoms with Crippen LogP contribution in [0.4, 0.5) is 0 Å². The number of hydrogen-bond donors (Lipinski definition) is 2. The van der Waals surface area contributed by atoms with Crippen LogP contribution in [-0.4, -0.2) is 23.7 Å².